The Morgan fingerprint density at radius 1 is 0.257 bits per heavy atom. The third kappa shape index (κ3) is 50.2. The molecular weight excluding hydrogens is 2240 g/mol. The van der Waals surface area contributed by atoms with Gasteiger partial charge < -0.3 is 50.0 Å². The van der Waals surface area contributed by atoms with Gasteiger partial charge in [0.1, 0.15) is 46.2 Å². The number of hydrogen-bond donors (Lipinski definition) is 5. The van der Waals surface area contributed by atoms with E-state index >= 15 is 0 Å². The number of benzene rings is 12. The van der Waals surface area contributed by atoms with Crippen LogP contribution >= 0.6 is 136 Å². The van der Waals surface area contributed by atoms with Gasteiger partial charge in [0, 0.05) is 76.8 Å². The molecule has 10 nitrogen and oxygen atoms in total. The van der Waals surface area contributed by atoms with Gasteiger partial charge in [0.25, 0.3) is 0 Å². The Bertz CT molecular complexity index is 5580. The fourth-order valence-electron chi connectivity index (χ4n) is 14.2. The van der Waals surface area contributed by atoms with E-state index in [0.29, 0.717) is 82.7 Å². The predicted octanol–water partition coefficient (Wildman–Crippen LogP) is 26.7. The summed E-state index contributed by atoms with van der Waals surface area (Å²) in [5.74, 6) is 1.25. The molecule has 12 rings (SSSR count). The third-order valence-corrected chi connectivity index (χ3v) is 27.8. The fourth-order valence-corrected chi connectivity index (χ4v) is 20.6. The first-order valence-electron chi connectivity index (χ1n) is 44.4. The molecule has 0 heterocycles. The summed E-state index contributed by atoms with van der Waals surface area (Å²) in [5, 5.41) is 64.0. The van der Waals surface area contributed by atoms with Crippen molar-refractivity contribution in [3.05, 3.63) is 337 Å². The Morgan fingerprint density at radius 3 is 0.929 bits per heavy atom. The zero-order valence-corrected chi connectivity index (χ0v) is 105. The summed E-state index contributed by atoms with van der Waals surface area (Å²) in [6.45, 7) is 33.6. The molecule has 5 atom stereocenters. The number of hydrogen-bond acceptors (Lipinski definition) is 10. The third-order valence-electron chi connectivity index (χ3n) is 20.7. The summed E-state index contributed by atoms with van der Waals surface area (Å²) in [5.41, 5.74) is 16.4. The van der Waals surface area contributed by atoms with E-state index in [-0.39, 0.29) is 47.7 Å². The molecule has 0 amide bonds. The summed E-state index contributed by atoms with van der Waals surface area (Å²) in [7, 11) is 70.8. The minimum atomic E-state index is -0.556. The Morgan fingerprint density at radius 2 is 0.557 bits per heavy atom. The fraction of sp³-hybridized carbons (Fsp3) is 0.327. The first kappa shape index (κ1) is 132. The van der Waals surface area contributed by atoms with Gasteiger partial charge in [-0.1, -0.05) is 296 Å². The molecule has 0 saturated heterocycles. The molecule has 12 aromatic rings. The number of rotatable bonds is 24. The molecule has 5 unspecified atom stereocenters. The number of aromatic hydroxyl groups is 5. The van der Waals surface area contributed by atoms with Crippen molar-refractivity contribution in [3.8, 4) is 28.7 Å². The zero-order valence-electron chi connectivity index (χ0n) is 84.4. The van der Waals surface area contributed by atoms with Gasteiger partial charge in [-0.25, -0.2) is 13.2 Å². The summed E-state index contributed by atoms with van der Waals surface area (Å²) in [4.78, 5) is 10.4. The van der Waals surface area contributed by atoms with Crippen LogP contribution in [0.15, 0.2) is 237 Å². The van der Waals surface area contributed by atoms with Gasteiger partial charge in [-0.05, 0) is 278 Å². The van der Waals surface area contributed by atoms with Crippen molar-refractivity contribution in [2.24, 2.45) is 0 Å². The van der Waals surface area contributed by atoms with Crippen LogP contribution in [0.4, 0.5) is 13.2 Å². The van der Waals surface area contributed by atoms with Crippen molar-refractivity contribution in [1.82, 2.24) is 24.5 Å². The Kier molecular flexibility index (Phi) is 64.7. The molecule has 0 bridgehead atoms. The van der Waals surface area contributed by atoms with E-state index in [2.05, 4.69) is 248 Å². The average Bonchev–Trinajstić information content (AvgIpc) is 0.783. The van der Waals surface area contributed by atoms with Gasteiger partial charge in [-0.3, -0.25) is 0 Å². The normalized spacial score (nSPS) is 11.4. The number of phenolic OH excluding ortho intramolecular Hbond substituents is 5. The monoisotopic (exact) mass is 2370 g/mol. The first-order chi connectivity index (χ1) is 65.8. The van der Waals surface area contributed by atoms with E-state index in [0.717, 1.165) is 113 Å². The zero-order chi connectivity index (χ0) is 106. The van der Waals surface area contributed by atoms with Crippen LogP contribution in [0.3, 0.4) is 0 Å². The quantitative estimate of drug-likeness (QED) is 0.0296. The van der Waals surface area contributed by atoms with Crippen molar-refractivity contribution in [3.63, 3.8) is 0 Å². The molecule has 0 saturated carbocycles. The van der Waals surface area contributed by atoms with Gasteiger partial charge in [0.15, 0.2) is 0 Å². The number of halogens is 13. The first-order valence-corrected chi connectivity index (χ1v) is 70.9. The molecule has 0 radical (unpaired) electrons. The molecule has 5 N–H and O–H groups in total. The second-order valence-corrected chi connectivity index (χ2v) is 57.7. The van der Waals surface area contributed by atoms with Gasteiger partial charge in [-0.2, -0.15) is 0 Å². The Labute approximate surface area is 927 Å². The molecule has 754 valence electrons. The van der Waals surface area contributed by atoms with Crippen LogP contribution in [0.5, 0.6) is 28.7 Å². The van der Waals surface area contributed by atoms with E-state index in [1.165, 1.54) is 67.8 Å². The van der Waals surface area contributed by atoms with Crippen LogP contribution in [0.25, 0.3) is 0 Å². The van der Waals surface area contributed by atoms with E-state index in [1.54, 1.807) is 18.2 Å². The van der Waals surface area contributed by atoms with Crippen LogP contribution in [-0.2, 0) is 152 Å². The summed E-state index contributed by atoms with van der Waals surface area (Å²) < 4.78 is 41.1. The molecule has 0 aromatic heterocycles. The van der Waals surface area contributed by atoms with Gasteiger partial charge >= 0.3 is 178 Å². The molecular formula is C107H135Cl10F3N5O5P5Ti5. The summed E-state index contributed by atoms with van der Waals surface area (Å²) in [6, 6.07) is 77.1. The summed E-state index contributed by atoms with van der Waals surface area (Å²) >= 11 is -2.78. The van der Waals surface area contributed by atoms with Crippen LogP contribution in [0.1, 0.15) is 167 Å². The predicted molar refractivity (Wildman–Crippen MR) is 599 cm³/mol. The van der Waals surface area contributed by atoms with Gasteiger partial charge in [-0.15, -0.1) is 0 Å². The van der Waals surface area contributed by atoms with E-state index in [4.69, 9.17) is 93.0 Å². The molecule has 12 aromatic carbocycles. The second kappa shape index (κ2) is 68.6. The van der Waals surface area contributed by atoms with Crippen molar-refractivity contribution in [2.75, 3.05) is 70.5 Å². The molecule has 0 fully saturated rings. The van der Waals surface area contributed by atoms with Crippen LogP contribution in [0, 0.1) is 31.3 Å². The van der Waals surface area contributed by atoms with Crippen LogP contribution in [-0.4, -0.2) is 121 Å². The molecule has 0 aliphatic rings. The SMILES string of the molecule is CN(C)Cc1cc(F)ccc1Pc1cc(C(C)(C)C)cc(C(C)(C)C)c1O.CN(C)Cc1ccccc1Pc1cc(Cc2ccccc2)ccc1O.CN(C)Cc1ccccc1Pc1cccc(Cc2ccccc2)c1O.Cc1cc(C(C)(C)C)cc(Pc2ccc(F)cc2CN(C)C)c1O.Cc1cc(Pc2ccc(F)cc2CN(C)C)c(O)c(C(C)(C)C)c1.[Cl][Ti][Cl].[Cl][Ti][Cl].[Cl][Ti][Cl].[Cl][Ti][Cl].[Cl][Ti][Cl]. The number of phenols is 5. The van der Waals surface area contributed by atoms with Crippen molar-refractivity contribution in [2.45, 2.75) is 164 Å². The maximum atomic E-state index is 13.8. The van der Waals surface area contributed by atoms with Gasteiger partial charge in [0.2, 0.25) is 0 Å². The van der Waals surface area contributed by atoms with Crippen molar-refractivity contribution in [1.29, 1.82) is 0 Å². The number of para-hydroxylation sites is 1. The van der Waals surface area contributed by atoms with E-state index in [1.807, 2.05) is 144 Å². The van der Waals surface area contributed by atoms with Crippen molar-refractivity contribution >= 4 is 189 Å². The standard InChI is InChI=1S/C23H33FNOP.2C22H24NOP.2C20H27FNOP.10ClH.5Ti/c1-22(2,3)16-12-18(23(4,5)6)21(26)20(13-16)27-19-10-9-17(24)11-15(19)14-25(7)8;1-23(2)16-19-11-6-7-13-20(19)25-21-14-8-12-18(22(21)24)15-17-9-4-3-5-10-17;1-23(2)16-19-10-6-7-11-21(19)25-22-15-18(12-13-20(22)24)14-17-8-4-3-5-9-17;1-13-9-15(20(2,3)4)11-18(19(13)23)24-17-8-7-16(21)10-14(17)12-22(5)6;1-13-9-16(20(2,3)4)19(23)18(10-13)24-17-8-7-15(21)11-14(17)12-22(5)6;;;;;;;;;;;;;;;/h9-13,26-27H,14H2,1-8H3;3-14,24-25H,15-16H2,1-2H3;3-13,15,24-25H,14,16H2,1-2H3;2*7-11,23-24H,12H2,1-6H3;10*1H;;;;;/q;;;;;;;;;;;;;;;5*+2/p-10. The van der Waals surface area contributed by atoms with E-state index < -0.39 is 85.2 Å². The molecule has 0 aliphatic carbocycles. The Hall–Kier alpha value is -2.15. The van der Waals surface area contributed by atoms with Crippen molar-refractivity contribution < 1.29 is 124 Å². The van der Waals surface area contributed by atoms with Gasteiger partial charge in [0.05, 0.1) is 0 Å². The maximum absolute atomic E-state index is 13.8. The molecule has 33 heteroatoms. The molecule has 0 spiro atoms. The second-order valence-electron chi connectivity index (χ2n) is 38.2. The number of nitrogens with zero attached hydrogens (tertiary/aromatic N) is 5. The Balaban J connectivity index is 0.000000434. The van der Waals surface area contributed by atoms with Crippen LogP contribution in [0.2, 0.25) is 0 Å². The topological polar surface area (TPSA) is 117 Å². The number of aryl methyl sites for hydroxylation is 2. The molecule has 140 heavy (non-hydrogen) atoms. The van der Waals surface area contributed by atoms with E-state index in [9.17, 15) is 38.7 Å². The average molecular weight is 2380 g/mol. The van der Waals surface area contributed by atoms with Crippen LogP contribution < -0.4 is 53.0 Å². The molecule has 0 aliphatic heterocycles. The summed E-state index contributed by atoms with van der Waals surface area (Å²) in [6.07, 6.45) is 1.64. The minimum absolute atomic E-state index is 0.0117.